The van der Waals surface area contributed by atoms with E-state index in [0.717, 1.165) is 18.1 Å². The molecule has 0 saturated heterocycles. The number of imidazole rings is 1. The monoisotopic (exact) mass is 307 g/mol. The summed E-state index contributed by atoms with van der Waals surface area (Å²) >= 11 is 1.48. The number of thioether (sulfide) groups is 1. The topological polar surface area (TPSA) is 75.9 Å². The van der Waals surface area contributed by atoms with Crippen LogP contribution in [-0.2, 0) is 0 Å². The Kier molecular flexibility index (Phi) is 5.58. The maximum Gasteiger partial charge on any atom is 0.191 e. The van der Waals surface area contributed by atoms with Crippen molar-refractivity contribution in [1.82, 2.24) is 19.5 Å². The normalized spacial score (nSPS) is 12.6. The number of hydrogen-bond acceptors (Lipinski definition) is 6. The van der Waals surface area contributed by atoms with Crippen molar-refractivity contribution in [3.63, 3.8) is 0 Å². The van der Waals surface area contributed by atoms with Gasteiger partial charge in [0.15, 0.2) is 5.16 Å². The van der Waals surface area contributed by atoms with Gasteiger partial charge in [0, 0.05) is 18.5 Å². The van der Waals surface area contributed by atoms with Crippen molar-refractivity contribution in [2.75, 3.05) is 18.2 Å². The van der Waals surface area contributed by atoms with Crippen LogP contribution in [0, 0.1) is 5.92 Å². The first-order chi connectivity index (χ1) is 10.1. The van der Waals surface area contributed by atoms with Gasteiger partial charge in [0.1, 0.15) is 18.0 Å². The van der Waals surface area contributed by atoms with E-state index in [1.54, 1.807) is 12.5 Å². The molecule has 2 rings (SSSR count). The summed E-state index contributed by atoms with van der Waals surface area (Å²) in [6.07, 6.45) is 8.08. The van der Waals surface area contributed by atoms with E-state index in [1.165, 1.54) is 11.8 Å². The highest BCUT2D eigenvalue weighted by atomic mass is 32.2. The first-order valence-corrected chi connectivity index (χ1v) is 8.13. The van der Waals surface area contributed by atoms with E-state index in [4.69, 9.17) is 0 Å². The van der Waals surface area contributed by atoms with Crippen LogP contribution in [0.25, 0.3) is 5.82 Å². The Bertz CT molecular complexity index is 558. The zero-order valence-corrected chi connectivity index (χ0v) is 13.3. The van der Waals surface area contributed by atoms with Crippen LogP contribution in [0.2, 0.25) is 0 Å². The molecular formula is C14H21N5OS. The van der Waals surface area contributed by atoms with Gasteiger partial charge in [0.25, 0.3) is 0 Å². The third kappa shape index (κ3) is 4.44. The molecule has 0 radical (unpaired) electrons. The van der Waals surface area contributed by atoms with Crippen molar-refractivity contribution < 1.29 is 5.11 Å². The van der Waals surface area contributed by atoms with E-state index in [2.05, 4.69) is 34.1 Å². The summed E-state index contributed by atoms with van der Waals surface area (Å²) in [5.41, 5.74) is 0. The fraction of sp³-hybridized carbons (Fsp3) is 0.500. The quantitative estimate of drug-likeness (QED) is 0.603. The van der Waals surface area contributed by atoms with Crippen LogP contribution in [0.15, 0.2) is 29.9 Å². The van der Waals surface area contributed by atoms with E-state index < -0.39 is 0 Å². The molecule has 0 aromatic carbocycles. The maximum absolute atomic E-state index is 9.49. The molecule has 6 nitrogen and oxygen atoms in total. The van der Waals surface area contributed by atoms with Gasteiger partial charge in [0.05, 0.1) is 12.6 Å². The first kappa shape index (κ1) is 15.8. The molecule has 0 amide bonds. The predicted molar refractivity (Wildman–Crippen MR) is 84.9 cm³/mol. The third-order valence-corrected chi connectivity index (χ3v) is 3.52. The van der Waals surface area contributed by atoms with Crippen molar-refractivity contribution >= 4 is 17.6 Å². The number of aliphatic hydroxyl groups excluding tert-OH is 1. The number of nitrogens with one attached hydrogen (secondary N) is 1. The fourth-order valence-electron chi connectivity index (χ4n) is 2.06. The summed E-state index contributed by atoms with van der Waals surface area (Å²) in [5, 5.41) is 13.5. The highest BCUT2D eigenvalue weighted by molar-refractivity contribution is 7.98. The van der Waals surface area contributed by atoms with Gasteiger partial charge < -0.3 is 10.4 Å². The Morgan fingerprint density at radius 2 is 2.19 bits per heavy atom. The van der Waals surface area contributed by atoms with Crippen LogP contribution >= 0.6 is 11.8 Å². The molecule has 0 aliphatic rings. The lowest BCUT2D eigenvalue weighted by molar-refractivity contribution is 0.259. The van der Waals surface area contributed by atoms with Crippen molar-refractivity contribution in [3.8, 4) is 5.82 Å². The summed E-state index contributed by atoms with van der Waals surface area (Å²) < 4.78 is 1.84. The molecule has 1 atom stereocenters. The maximum atomic E-state index is 9.49. The molecule has 0 aliphatic carbocycles. The molecule has 21 heavy (non-hydrogen) atoms. The van der Waals surface area contributed by atoms with Crippen molar-refractivity contribution in [2.45, 2.75) is 31.5 Å². The molecule has 0 bridgehead atoms. The van der Waals surface area contributed by atoms with E-state index in [1.807, 2.05) is 23.1 Å². The zero-order chi connectivity index (χ0) is 15.2. The van der Waals surface area contributed by atoms with Crippen LogP contribution in [0.3, 0.4) is 0 Å². The lowest BCUT2D eigenvalue weighted by Crippen LogP contribution is -2.26. The summed E-state index contributed by atoms with van der Waals surface area (Å²) in [6, 6.07) is 1.86. The molecule has 0 saturated carbocycles. The Hall–Kier alpha value is -1.60. The van der Waals surface area contributed by atoms with Gasteiger partial charge in [0.2, 0.25) is 0 Å². The second-order valence-corrected chi connectivity index (χ2v) is 5.99. The van der Waals surface area contributed by atoms with Crippen molar-refractivity contribution in [1.29, 1.82) is 0 Å². The van der Waals surface area contributed by atoms with Gasteiger partial charge >= 0.3 is 0 Å². The highest BCUT2D eigenvalue weighted by Crippen LogP contribution is 2.18. The highest BCUT2D eigenvalue weighted by Gasteiger charge is 2.12. The molecule has 0 spiro atoms. The smallest absolute Gasteiger partial charge is 0.191 e. The largest absolute Gasteiger partial charge is 0.394 e. The van der Waals surface area contributed by atoms with Crippen molar-refractivity contribution in [2.24, 2.45) is 5.92 Å². The second kappa shape index (κ2) is 7.42. The zero-order valence-electron chi connectivity index (χ0n) is 12.5. The summed E-state index contributed by atoms with van der Waals surface area (Å²) in [5.74, 6) is 1.98. The standard InChI is InChI=1S/C14H21N5OS/c1-10(2)6-11(8-20)16-12-7-13(18-14(17-12)21-3)19-5-4-15-9-19/h4-5,7,9-11,20H,6,8H2,1-3H3,(H,16,17,18)/t11-/m1/s1. The predicted octanol–water partition coefficient (Wildman–Crippen LogP) is 2.20. The summed E-state index contributed by atoms with van der Waals surface area (Å²) in [4.78, 5) is 12.9. The minimum absolute atomic E-state index is 0.00903. The number of rotatable bonds is 7. The lowest BCUT2D eigenvalue weighted by Gasteiger charge is -2.19. The summed E-state index contributed by atoms with van der Waals surface area (Å²) in [7, 11) is 0. The van der Waals surface area contributed by atoms with E-state index >= 15 is 0 Å². The van der Waals surface area contributed by atoms with Gasteiger partial charge in [-0.2, -0.15) is 0 Å². The minimum atomic E-state index is -0.00903. The molecule has 2 aromatic heterocycles. The molecular weight excluding hydrogens is 286 g/mol. The molecule has 2 aromatic rings. The third-order valence-electron chi connectivity index (χ3n) is 2.97. The van der Waals surface area contributed by atoms with Crippen LogP contribution in [0.4, 0.5) is 5.82 Å². The van der Waals surface area contributed by atoms with E-state index in [-0.39, 0.29) is 12.6 Å². The average molecular weight is 307 g/mol. The number of anilines is 1. The molecule has 0 unspecified atom stereocenters. The number of aliphatic hydroxyl groups is 1. The second-order valence-electron chi connectivity index (χ2n) is 5.22. The van der Waals surface area contributed by atoms with Crippen LogP contribution in [0.5, 0.6) is 0 Å². The lowest BCUT2D eigenvalue weighted by atomic mass is 10.0. The van der Waals surface area contributed by atoms with Gasteiger partial charge in [-0.3, -0.25) is 4.57 Å². The van der Waals surface area contributed by atoms with E-state index in [9.17, 15) is 5.11 Å². The van der Waals surface area contributed by atoms with Gasteiger partial charge in [-0.1, -0.05) is 25.6 Å². The Labute approximate surface area is 129 Å². The molecule has 114 valence electrons. The Morgan fingerprint density at radius 3 is 2.76 bits per heavy atom. The number of aromatic nitrogens is 4. The fourth-order valence-corrected chi connectivity index (χ4v) is 2.44. The molecule has 2 heterocycles. The molecule has 7 heteroatoms. The van der Waals surface area contributed by atoms with Gasteiger partial charge in [-0.05, 0) is 18.6 Å². The average Bonchev–Trinajstić information content (AvgIpc) is 3.00. The summed E-state index contributed by atoms with van der Waals surface area (Å²) in [6.45, 7) is 4.35. The van der Waals surface area contributed by atoms with Crippen LogP contribution < -0.4 is 5.32 Å². The number of nitrogens with zero attached hydrogens (tertiary/aromatic N) is 4. The molecule has 0 fully saturated rings. The van der Waals surface area contributed by atoms with Gasteiger partial charge in [-0.15, -0.1) is 0 Å². The molecule has 2 N–H and O–H groups in total. The Balaban J connectivity index is 2.24. The van der Waals surface area contributed by atoms with Crippen LogP contribution in [-0.4, -0.2) is 43.5 Å². The van der Waals surface area contributed by atoms with Crippen molar-refractivity contribution in [3.05, 3.63) is 24.8 Å². The molecule has 0 aliphatic heterocycles. The van der Waals surface area contributed by atoms with Gasteiger partial charge in [-0.25, -0.2) is 15.0 Å². The minimum Gasteiger partial charge on any atom is -0.394 e. The van der Waals surface area contributed by atoms with E-state index in [0.29, 0.717) is 11.1 Å². The first-order valence-electron chi connectivity index (χ1n) is 6.91. The Morgan fingerprint density at radius 1 is 1.38 bits per heavy atom. The SMILES string of the molecule is CSc1nc(N[C@@H](CO)CC(C)C)cc(-n2ccnc2)n1. The number of hydrogen-bond donors (Lipinski definition) is 2. The van der Waals surface area contributed by atoms with Crippen LogP contribution in [0.1, 0.15) is 20.3 Å².